The molecule has 125 heavy (non-hydrogen) atoms. The fourth-order valence-corrected chi connectivity index (χ4v) is 7.58. The SMILES string of the molecule is C1=CN=NC1.[CH-]=CC=[CH-].[CH-]=CC=[N-].[CH-]=CN=[CH-].[CH-]=Cc1[c-]cccc1.[CH-]=NN=[CH-].[CH-]=Nc1[c-]cccc1.[K+].[K+].[K+].[K+].[K+].[K+].[K+].[N-]=Cc1[c-]cccc1.c1ccc2c(c1)CN=N2.c1ccc2cnccc2c1.c1ccc2ncccc2c1.c1ccc2nccnc2c1.c1ccc2ncncc2c1.c1ccncc1.c1ccnnc1.c1cnccn1.c1cncnc1. The van der Waals surface area contributed by atoms with Crippen LogP contribution in [0.25, 0.3) is 60.5 Å². The molecule has 2 aliphatic rings. The number of hydrogen-bond acceptors (Lipinski definition) is 21. The monoisotopic (exact) mass is 1820 g/mol. The van der Waals surface area contributed by atoms with E-state index in [9.17, 15) is 0 Å². The van der Waals surface area contributed by atoms with Gasteiger partial charge >= 0.3 is 360 Å². The molecule has 0 radical (unpaired) electrons. The van der Waals surface area contributed by atoms with Gasteiger partial charge in [0.1, 0.15) is 12.7 Å². The maximum Gasteiger partial charge on any atom is 1.00 e. The third-order valence-corrected chi connectivity index (χ3v) is 12.7. The van der Waals surface area contributed by atoms with Gasteiger partial charge in [0.05, 0.1) is 40.8 Å². The summed E-state index contributed by atoms with van der Waals surface area (Å²) in [5, 5.41) is 48.0. The zero-order valence-electron chi connectivity index (χ0n) is 71.2. The van der Waals surface area contributed by atoms with E-state index >= 15 is 0 Å². The van der Waals surface area contributed by atoms with Crippen LogP contribution in [0.4, 0.5) is 11.4 Å². The molecule has 0 unspecified atom stereocenters. The second-order valence-corrected chi connectivity index (χ2v) is 20.7. The van der Waals surface area contributed by atoms with Crippen molar-refractivity contribution in [3.05, 3.63) is 476 Å². The Labute approximate surface area is 1030 Å². The van der Waals surface area contributed by atoms with Crippen molar-refractivity contribution in [2.75, 3.05) is 6.54 Å². The van der Waals surface area contributed by atoms with Crippen molar-refractivity contribution in [1.82, 2.24) is 65.0 Å². The minimum atomic E-state index is 0. The summed E-state index contributed by atoms with van der Waals surface area (Å²) in [6.07, 6.45) is 42.0. The molecule has 0 N–H and O–H groups in total. The molecular formula is C95H81K7N23-7. The van der Waals surface area contributed by atoms with Crippen LogP contribution in [0.5, 0.6) is 0 Å². The number of aromatic nitrogens is 13. The fourth-order valence-electron chi connectivity index (χ4n) is 7.58. The fraction of sp³-hybridized carbons (Fsp3) is 0.0211. The van der Waals surface area contributed by atoms with Crippen LogP contribution in [0.1, 0.15) is 16.7 Å². The summed E-state index contributed by atoms with van der Waals surface area (Å²) in [6, 6.07) is 87.8. The van der Waals surface area contributed by atoms with E-state index in [1.807, 2.05) is 219 Å². The van der Waals surface area contributed by atoms with Crippen LogP contribution in [0.15, 0.2) is 438 Å². The first kappa shape index (κ1) is 131. The Balaban J connectivity index is -0.000000302. The molecule has 0 saturated heterocycles. The third kappa shape index (κ3) is 75.2. The zero-order valence-corrected chi connectivity index (χ0v) is 93.0. The average molecular weight is 1820 g/mol. The molecule has 30 heteroatoms. The molecule has 10 heterocycles. The van der Waals surface area contributed by atoms with E-state index in [2.05, 4.69) is 188 Å². The average Bonchev–Trinajstić information content (AvgIpc) is 1.77. The molecule has 0 spiro atoms. The minimum absolute atomic E-state index is 0. The molecule has 8 aromatic carbocycles. The normalized spacial score (nSPS) is 8.70. The molecule has 0 aliphatic carbocycles. The Bertz CT molecular complexity index is 4380. The largest absolute Gasteiger partial charge is 1.00 e. The standard InChI is InChI=1S/2C9H7N.2C8H6N2.C8H6.C7H6N2.2C7H5N.C5H5N.3C4H4N2.C4H4.C3H4N2.2C3H3N.C2H2N2.7K/c1-2-6-9-8(4-1)5-3-7-10-9;1-2-4-9-7-10-6-5-8(9)3-1;1-2-4-8-7(3-1)5-9-6-10-8;1-2-4-8-7(3-1)9-5-6-10-8;1-2-8-6-4-3-5-7-8;1-2-4-7-6(3-1)5-8-9-7;1-8-7-5-3-2-4-6-7;8-6-7-4-2-1-3-5-7;1-2-4-6-5-3-1;1-2-6-4-3-5-1;1-2-5-4-6-3-1;1-2-4-6-5-3-1;1-3-4-2;1-2-4-5-3-1;1-3-4-2;1-2-3-4;1-3-4-2;;;;;;;/h2*1-7H;2*1-6H;1-6H;1-4H,5H2;1-5H;1-4,6H;1-5H;3*1-4H;1-4H;1-2H,3H2;2*1-3H;1-2H;;;;;;;/q;;;;-2;;2*-2;;;;;-2;;3*-2;7*+1. The van der Waals surface area contributed by atoms with Crippen molar-refractivity contribution in [3.8, 4) is 0 Å². The predicted molar refractivity (Wildman–Crippen MR) is 478 cm³/mol. The Hall–Kier alpha value is -5.24. The molecule has 0 bridgehead atoms. The summed E-state index contributed by atoms with van der Waals surface area (Å²) < 4.78 is 0. The van der Waals surface area contributed by atoms with Crippen LogP contribution < -0.4 is 360 Å². The van der Waals surface area contributed by atoms with Crippen LogP contribution >= 0.6 is 0 Å². The van der Waals surface area contributed by atoms with Gasteiger partial charge in [-0.05, 0) is 89.6 Å². The number of azo groups is 2. The predicted octanol–water partition coefficient (Wildman–Crippen LogP) is -0.230. The summed E-state index contributed by atoms with van der Waals surface area (Å²) in [6.45, 7) is 43.5. The quantitative estimate of drug-likeness (QED) is 0.0656. The van der Waals surface area contributed by atoms with E-state index in [-0.39, 0.29) is 360 Å². The number of allylic oxidation sites excluding steroid dienone is 3. The van der Waals surface area contributed by atoms with Crippen LogP contribution in [-0.4, -0.2) is 111 Å². The maximum absolute atomic E-state index is 8.38. The number of para-hydroxylation sites is 5. The zero-order chi connectivity index (χ0) is 85.0. The molecule has 8 aromatic heterocycles. The number of aliphatic imine (C=N–C) groups is 2. The van der Waals surface area contributed by atoms with E-state index in [1.54, 1.807) is 117 Å². The number of fused-ring (bicyclic) bond motifs is 5. The number of rotatable bonds is 7. The van der Waals surface area contributed by atoms with E-state index in [0.717, 1.165) is 76.5 Å². The van der Waals surface area contributed by atoms with E-state index in [0.29, 0.717) is 11.3 Å². The van der Waals surface area contributed by atoms with Gasteiger partial charge in [0.15, 0.2) is 0 Å². The molecular weight excluding hydrogens is 1740 g/mol. The van der Waals surface area contributed by atoms with Crippen molar-refractivity contribution in [2.24, 2.45) is 40.6 Å². The van der Waals surface area contributed by atoms with Gasteiger partial charge < -0.3 is 107 Å². The van der Waals surface area contributed by atoms with Crippen LogP contribution in [-0.2, 0) is 6.54 Å². The van der Waals surface area contributed by atoms with Crippen molar-refractivity contribution in [3.63, 3.8) is 0 Å². The van der Waals surface area contributed by atoms with Gasteiger partial charge in [-0.3, -0.25) is 59.8 Å². The van der Waals surface area contributed by atoms with Gasteiger partial charge in [-0.25, -0.2) is 43.8 Å². The summed E-state index contributed by atoms with van der Waals surface area (Å²) in [5.74, 6) is 0. The van der Waals surface area contributed by atoms with Crippen LogP contribution in [0.2, 0.25) is 0 Å². The summed E-state index contributed by atoms with van der Waals surface area (Å²) >= 11 is 0. The Kier molecular flexibility index (Phi) is 105. The number of nitrogens with zero attached hydrogens (tertiary/aromatic N) is 23. The van der Waals surface area contributed by atoms with E-state index < -0.39 is 0 Å². The van der Waals surface area contributed by atoms with Gasteiger partial charge in [-0.1, -0.05) is 103 Å². The summed E-state index contributed by atoms with van der Waals surface area (Å²) in [7, 11) is 0. The van der Waals surface area contributed by atoms with E-state index in [4.69, 9.17) is 37.3 Å². The van der Waals surface area contributed by atoms with Crippen molar-refractivity contribution in [2.45, 2.75) is 6.54 Å². The molecule has 18 rings (SSSR count). The number of hydrogen-bond donors (Lipinski definition) is 0. The molecule has 16 aromatic rings. The van der Waals surface area contributed by atoms with Gasteiger partial charge in [-0.15, -0.1) is 36.4 Å². The number of pyridine rings is 3. The first-order chi connectivity index (χ1) is 58.3. The third-order valence-electron chi connectivity index (χ3n) is 12.7. The second-order valence-electron chi connectivity index (χ2n) is 20.7. The molecule has 0 saturated carbocycles. The maximum atomic E-state index is 8.38. The Morgan fingerprint density at radius 1 is 0.352 bits per heavy atom. The minimum Gasteiger partial charge on any atom is -0.911 e. The molecule has 23 nitrogen and oxygen atoms in total. The smallest absolute Gasteiger partial charge is 0.911 e. The molecule has 0 atom stereocenters. The molecule has 0 amide bonds. The summed E-state index contributed by atoms with van der Waals surface area (Å²) in [5.41, 5.74) is 8.56. The summed E-state index contributed by atoms with van der Waals surface area (Å²) in [4.78, 5) is 49.3. The molecule has 0 fully saturated rings. The van der Waals surface area contributed by atoms with E-state index in [1.165, 1.54) is 46.3 Å². The van der Waals surface area contributed by atoms with Crippen molar-refractivity contribution in [1.29, 1.82) is 0 Å². The van der Waals surface area contributed by atoms with Gasteiger partial charge in [0, 0.05) is 122 Å². The van der Waals surface area contributed by atoms with Crippen LogP contribution in [0.3, 0.4) is 0 Å². The number of benzene rings is 8. The topological polar surface area (TPSA) is 311 Å². The first-order valence-electron chi connectivity index (χ1n) is 34.8. The van der Waals surface area contributed by atoms with Crippen molar-refractivity contribution < 1.29 is 360 Å². The van der Waals surface area contributed by atoms with Gasteiger partial charge in [0.25, 0.3) is 0 Å². The van der Waals surface area contributed by atoms with Crippen molar-refractivity contribution >= 4 is 100 Å². The second kappa shape index (κ2) is 101. The van der Waals surface area contributed by atoms with Crippen LogP contribution in [0, 0.1) is 51.1 Å². The van der Waals surface area contributed by atoms with Gasteiger partial charge in [-0.2, -0.15) is 80.0 Å². The Morgan fingerprint density at radius 2 is 0.816 bits per heavy atom. The van der Waals surface area contributed by atoms with Gasteiger partial charge in [0.2, 0.25) is 0 Å². The first-order valence-corrected chi connectivity index (χ1v) is 34.8. The molecule has 2 aliphatic heterocycles. The Morgan fingerprint density at radius 3 is 1.18 bits per heavy atom. The molecule has 590 valence electrons.